The fraction of sp³-hybridized carbons (Fsp3) is 0.357. The van der Waals surface area contributed by atoms with Gasteiger partial charge in [0.25, 0.3) is 5.91 Å². The molecule has 0 saturated carbocycles. The van der Waals surface area contributed by atoms with Crippen molar-refractivity contribution in [2.24, 2.45) is 5.92 Å². The van der Waals surface area contributed by atoms with Crippen molar-refractivity contribution in [1.29, 1.82) is 0 Å². The number of aryl methyl sites for hydroxylation is 1. The maximum absolute atomic E-state index is 13.1. The number of benzene rings is 2. The molecular formula is C28H28F3N3O4S. The monoisotopic (exact) mass is 559 g/mol. The number of nitrogens with one attached hydrogen (secondary N) is 1. The number of nitrogens with zero attached hydrogens (tertiary/aromatic N) is 2. The number of hydrogen-bond donors (Lipinski definition) is 1. The fourth-order valence-electron chi connectivity index (χ4n) is 5.39. The van der Waals surface area contributed by atoms with Crippen molar-refractivity contribution in [3.63, 3.8) is 0 Å². The van der Waals surface area contributed by atoms with Crippen LogP contribution in [0.25, 0.3) is 11.1 Å². The Balaban J connectivity index is 1.43. The van der Waals surface area contributed by atoms with Gasteiger partial charge in [-0.2, -0.15) is 13.2 Å². The smallest absolute Gasteiger partial charge is 0.377 e. The second-order valence-corrected chi connectivity index (χ2v) is 12.3. The highest BCUT2D eigenvalue weighted by molar-refractivity contribution is 7.90. The van der Waals surface area contributed by atoms with Crippen LogP contribution in [-0.2, 0) is 27.2 Å². The minimum atomic E-state index is -4.55. The molecule has 5 rings (SSSR count). The number of carbonyl (C=O) groups excluding carboxylic acids is 1. The van der Waals surface area contributed by atoms with E-state index in [0.717, 1.165) is 40.2 Å². The molecule has 11 heteroatoms. The van der Waals surface area contributed by atoms with Crippen LogP contribution in [0.5, 0.6) is 0 Å². The number of hydrogen-bond acceptors (Lipinski definition) is 6. The number of sulfone groups is 1. The molecule has 206 valence electrons. The number of pyridine rings is 1. The SMILES string of the molecule is Cc1ncc(NC(=O)c2cccc(C(F)(F)F)c2)cc1-c1ccc2c(c1)N1CCOCC1C(CS(C)(=O)=O)C2. The summed E-state index contributed by atoms with van der Waals surface area (Å²) < 4.78 is 69.1. The molecular weight excluding hydrogens is 531 g/mol. The van der Waals surface area contributed by atoms with Gasteiger partial charge in [0.05, 0.1) is 42.5 Å². The Bertz CT molecular complexity index is 1520. The lowest BCUT2D eigenvalue weighted by Crippen LogP contribution is -2.54. The number of ether oxygens (including phenoxy) is 1. The molecule has 1 saturated heterocycles. The maximum atomic E-state index is 13.1. The van der Waals surface area contributed by atoms with Gasteiger partial charge in [0.2, 0.25) is 0 Å². The zero-order valence-electron chi connectivity index (χ0n) is 21.5. The van der Waals surface area contributed by atoms with Crippen LogP contribution in [0.4, 0.5) is 24.5 Å². The number of aromatic nitrogens is 1. The van der Waals surface area contributed by atoms with Gasteiger partial charge in [-0.3, -0.25) is 9.78 Å². The van der Waals surface area contributed by atoms with Gasteiger partial charge in [0.15, 0.2) is 0 Å². The number of anilines is 2. The predicted molar refractivity (Wildman–Crippen MR) is 143 cm³/mol. The molecule has 3 aromatic rings. The Morgan fingerprint density at radius 3 is 2.72 bits per heavy atom. The third-order valence-electron chi connectivity index (χ3n) is 7.21. The molecule has 0 bridgehead atoms. The Hall–Kier alpha value is -3.44. The molecule has 1 amide bonds. The van der Waals surface area contributed by atoms with Crippen LogP contribution in [0, 0.1) is 12.8 Å². The van der Waals surface area contributed by atoms with Gasteiger partial charge < -0.3 is 15.0 Å². The maximum Gasteiger partial charge on any atom is 0.416 e. The summed E-state index contributed by atoms with van der Waals surface area (Å²) in [5, 5.41) is 2.66. The van der Waals surface area contributed by atoms with E-state index < -0.39 is 27.5 Å². The first-order chi connectivity index (χ1) is 18.4. The highest BCUT2D eigenvalue weighted by Crippen LogP contribution is 2.39. The Morgan fingerprint density at radius 1 is 1.18 bits per heavy atom. The van der Waals surface area contributed by atoms with E-state index in [2.05, 4.69) is 15.2 Å². The normalized spacial score (nSPS) is 19.3. The van der Waals surface area contributed by atoms with Crippen LogP contribution >= 0.6 is 0 Å². The van der Waals surface area contributed by atoms with Gasteiger partial charge in [-0.15, -0.1) is 0 Å². The number of carbonyl (C=O) groups is 1. The highest BCUT2D eigenvalue weighted by atomic mass is 32.2. The number of rotatable bonds is 5. The third kappa shape index (κ3) is 5.94. The number of morpholine rings is 1. The molecule has 2 unspecified atom stereocenters. The van der Waals surface area contributed by atoms with Gasteiger partial charge in [-0.05, 0) is 60.7 Å². The van der Waals surface area contributed by atoms with E-state index in [-0.39, 0.29) is 23.3 Å². The first-order valence-electron chi connectivity index (χ1n) is 12.5. The standard InChI is InChI=1S/C28H28F3N3O4S/c1-17-24(13-23(14-32-17)33-27(35)20-4-3-5-22(11-20)28(29,30)31)18-6-7-19-10-21(16-39(2,36)37)26-15-38-9-8-34(26)25(19)12-18/h3-7,11-14,21,26H,8-10,15-16H2,1-2H3,(H,33,35). The molecule has 1 N–H and O–H groups in total. The van der Waals surface area contributed by atoms with Crippen molar-refractivity contribution in [3.8, 4) is 11.1 Å². The predicted octanol–water partition coefficient (Wildman–Crippen LogP) is 4.75. The van der Waals surface area contributed by atoms with E-state index in [4.69, 9.17) is 4.74 Å². The molecule has 1 aromatic heterocycles. The molecule has 2 atom stereocenters. The van der Waals surface area contributed by atoms with Crippen molar-refractivity contribution >= 4 is 27.1 Å². The van der Waals surface area contributed by atoms with E-state index in [1.54, 1.807) is 6.07 Å². The van der Waals surface area contributed by atoms with Crippen molar-refractivity contribution in [2.75, 3.05) is 42.0 Å². The second kappa shape index (κ2) is 10.3. The molecule has 0 radical (unpaired) electrons. The van der Waals surface area contributed by atoms with Gasteiger partial charge in [0, 0.05) is 35.3 Å². The first kappa shape index (κ1) is 27.1. The van der Waals surface area contributed by atoms with Gasteiger partial charge in [0.1, 0.15) is 9.84 Å². The second-order valence-electron chi connectivity index (χ2n) is 10.1. The van der Waals surface area contributed by atoms with E-state index >= 15 is 0 Å². The lowest BCUT2D eigenvalue weighted by molar-refractivity contribution is -0.137. The zero-order chi connectivity index (χ0) is 27.9. The molecule has 0 spiro atoms. The summed E-state index contributed by atoms with van der Waals surface area (Å²) >= 11 is 0. The number of halogens is 3. The summed E-state index contributed by atoms with van der Waals surface area (Å²) in [5.74, 6) is -0.650. The molecule has 0 aliphatic carbocycles. The van der Waals surface area contributed by atoms with Crippen LogP contribution < -0.4 is 10.2 Å². The van der Waals surface area contributed by atoms with E-state index in [1.165, 1.54) is 24.6 Å². The Labute approximate surface area is 224 Å². The summed E-state index contributed by atoms with van der Waals surface area (Å²) in [7, 11) is -3.16. The fourth-order valence-corrected chi connectivity index (χ4v) is 6.51. The quantitative estimate of drug-likeness (QED) is 0.486. The molecule has 2 aromatic carbocycles. The highest BCUT2D eigenvalue weighted by Gasteiger charge is 2.38. The minimum absolute atomic E-state index is 0.0477. The summed E-state index contributed by atoms with van der Waals surface area (Å²) in [6.07, 6.45) is -1.20. The van der Waals surface area contributed by atoms with Crippen LogP contribution in [0.15, 0.2) is 54.7 Å². The van der Waals surface area contributed by atoms with E-state index in [9.17, 15) is 26.4 Å². The summed E-state index contributed by atoms with van der Waals surface area (Å²) in [4.78, 5) is 19.4. The third-order valence-corrected chi connectivity index (χ3v) is 8.24. The molecule has 3 heterocycles. The lowest BCUT2D eigenvalue weighted by atomic mass is 9.85. The van der Waals surface area contributed by atoms with Gasteiger partial charge in [-0.1, -0.05) is 18.2 Å². The number of alkyl halides is 3. The van der Waals surface area contributed by atoms with E-state index in [0.29, 0.717) is 31.9 Å². The van der Waals surface area contributed by atoms with Crippen molar-refractivity contribution in [2.45, 2.75) is 25.6 Å². The van der Waals surface area contributed by atoms with Crippen molar-refractivity contribution in [3.05, 3.63) is 77.1 Å². The number of amides is 1. The topological polar surface area (TPSA) is 88.6 Å². The molecule has 7 nitrogen and oxygen atoms in total. The molecule has 2 aliphatic rings. The van der Waals surface area contributed by atoms with Crippen molar-refractivity contribution in [1.82, 2.24) is 4.98 Å². The first-order valence-corrected chi connectivity index (χ1v) is 14.6. The molecule has 2 aliphatic heterocycles. The molecule has 1 fully saturated rings. The van der Waals surface area contributed by atoms with Crippen LogP contribution in [0.3, 0.4) is 0 Å². The van der Waals surface area contributed by atoms with Crippen LogP contribution in [0.2, 0.25) is 0 Å². The summed E-state index contributed by atoms with van der Waals surface area (Å²) in [5.41, 5.74) is 3.77. The Morgan fingerprint density at radius 2 is 1.97 bits per heavy atom. The van der Waals surface area contributed by atoms with E-state index in [1.807, 2.05) is 25.1 Å². The minimum Gasteiger partial charge on any atom is -0.377 e. The zero-order valence-corrected chi connectivity index (χ0v) is 22.3. The van der Waals surface area contributed by atoms with Gasteiger partial charge >= 0.3 is 6.18 Å². The molecule has 39 heavy (non-hydrogen) atoms. The lowest BCUT2D eigenvalue weighted by Gasteiger charge is -2.46. The number of fused-ring (bicyclic) bond motifs is 3. The van der Waals surface area contributed by atoms with Crippen molar-refractivity contribution < 1.29 is 31.1 Å². The summed E-state index contributed by atoms with van der Waals surface area (Å²) in [6, 6.07) is 12.0. The Kier molecular flexibility index (Phi) is 7.15. The summed E-state index contributed by atoms with van der Waals surface area (Å²) in [6.45, 7) is 3.49. The van der Waals surface area contributed by atoms with Crippen LogP contribution in [0.1, 0.15) is 27.2 Å². The van der Waals surface area contributed by atoms with Gasteiger partial charge in [-0.25, -0.2) is 8.42 Å². The van der Waals surface area contributed by atoms with Crippen LogP contribution in [-0.4, -0.2) is 57.1 Å². The average molecular weight is 560 g/mol. The largest absolute Gasteiger partial charge is 0.416 e. The average Bonchev–Trinajstić information content (AvgIpc) is 2.88.